The van der Waals surface area contributed by atoms with Crippen molar-refractivity contribution in [1.29, 1.82) is 0 Å². The summed E-state index contributed by atoms with van der Waals surface area (Å²) in [6, 6.07) is 3.30. The number of hydrogen-bond acceptors (Lipinski definition) is 5. The topological polar surface area (TPSA) is 86.7 Å². The molecule has 0 saturated carbocycles. The zero-order valence-electron chi connectivity index (χ0n) is 8.87. The first-order valence-electron chi connectivity index (χ1n) is 4.73. The van der Waals surface area contributed by atoms with Crippen LogP contribution in [0.3, 0.4) is 0 Å². The van der Waals surface area contributed by atoms with Gasteiger partial charge in [-0.25, -0.2) is 0 Å². The molecule has 8 heteroatoms. The van der Waals surface area contributed by atoms with Crippen LogP contribution in [0.1, 0.15) is 11.3 Å². The third-order valence-corrected chi connectivity index (χ3v) is 2.30. The molecule has 0 aromatic carbocycles. The highest BCUT2D eigenvalue weighted by Gasteiger charge is 2.17. The van der Waals surface area contributed by atoms with Crippen LogP contribution in [0.4, 0.5) is 5.82 Å². The van der Waals surface area contributed by atoms with E-state index in [0.717, 1.165) is 0 Å². The molecule has 0 atom stereocenters. The molecule has 0 unspecified atom stereocenters. The van der Waals surface area contributed by atoms with Crippen LogP contribution in [0.2, 0.25) is 5.15 Å². The largest absolute Gasteiger partial charge is 0.392 e. The van der Waals surface area contributed by atoms with Gasteiger partial charge in [0.1, 0.15) is 6.54 Å². The lowest BCUT2D eigenvalue weighted by Crippen LogP contribution is -2.03. The maximum atomic E-state index is 10.6. The fraction of sp³-hybridized carbons (Fsp3) is 0.222. The van der Waals surface area contributed by atoms with E-state index in [2.05, 4.69) is 15.3 Å². The predicted octanol–water partition coefficient (Wildman–Crippen LogP) is 1.59. The molecule has 0 N–H and O–H groups in total. The Morgan fingerprint density at radius 1 is 1.47 bits per heavy atom. The van der Waals surface area contributed by atoms with Crippen LogP contribution in [0.25, 0.3) is 0 Å². The van der Waals surface area contributed by atoms with Crippen LogP contribution in [0.5, 0.6) is 0 Å². The maximum Gasteiger partial charge on any atom is 0.392 e. The van der Waals surface area contributed by atoms with Gasteiger partial charge in [-0.1, -0.05) is 11.6 Å². The molecule has 0 saturated heterocycles. The lowest BCUT2D eigenvalue weighted by Gasteiger charge is -1.95. The molecular formula is C9H8ClN5O2. The van der Waals surface area contributed by atoms with Crippen molar-refractivity contribution in [3.8, 4) is 0 Å². The van der Waals surface area contributed by atoms with Crippen molar-refractivity contribution in [2.75, 3.05) is 0 Å². The van der Waals surface area contributed by atoms with E-state index in [4.69, 9.17) is 11.6 Å². The van der Waals surface area contributed by atoms with Gasteiger partial charge >= 0.3 is 5.82 Å². The molecule has 0 aliphatic heterocycles. The fourth-order valence-electron chi connectivity index (χ4n) is 1.37. The van der Waals surface area contributed by atoms with E-state index in [1.165, 1.54) is 4.68 Å². The van der Waals surface area contributed by atoms with E-state index in [9.17, 15) is 10.1 Å². The summed E-state index contributed by atoms with van der Waals surface area (Å²) in [6.07, 6.45) is 1.59. The highest BCUT2D eigenvalue weighted by atomic mass is 35.5. The second-order valence-corrected chi connectivity index (χ2v) is 3.83. The molecule has 0 bridgehead atoms. The van der Waals surface area contributed by atoms with Crippen LogP contribution >= 0.6 is 11.6 Å². The lowest BCUT2D eigenvalue weighted by molar-refractivity contribution is -0.390. The minimum absolute atomic E-state index is 0.146. The maximum absolute atomic E-state index is 10.6. The molecule has 0 aliphatic carbocycles. The van der Waals surface area contributed by atoms with Crippen LogP contribution < -0.4 is 0 Å². The number of nitro groups is 1. The molecule has 88 valence electrons. The standard InChI is InChI=1S/C9H8ClN5O2/c1-6-4-14(13-9(6)15(16)17)5-7-2-3-8(10)12-11-7/h2-4H,5H2,1H3. The number of hydrogen-bond donors (Lipinski definition) is 0. The Hall–Kier alpha value is -2.02. The molecular weight excluding hydrogens is 246 g/mol. The second-order valence-electron chi connectivity index (χ2n) is 3.44. The zero-order chi connectivity index (χ0) is 12.4. The second kappa shape index (κ2) is 4.46. The van der Waals surface area contributed by atoms with Gasteiger partial charge in [0.15, 0.2) is 5.15 Å². The highest BCUT2D eigenvalue weighted by Crippen LogP contribution is 2.14. The summed E-state index contributed by atoms with van der Waals surface area (Å²) < 4.78 is 1.45. The van der Waals surface area contributed by atoms with Gasteiger partial charge in [0, 0.05) is 0 Å². The summed E-state index contributed by atoms with van der Waals surface area (Å²) in [5.41, 5.74) is 1.14. The number of rotatable bonds is 3. The molecule has 0 fully saturated rings. The van der Waals surface area contributed by atoms with Gasteiger partial charge in [0.2, 0.25) is 0 Å². The molecule has 2 aromatic heterocycles. The monoisotopic (exact) mass is 253 g/mol. The minimum Gasteiger partial charge on any atom is -0.358 e. The van der Waals surface area contributed by atoms with Crippen molar-refractivity contribution >= 4 is 17.4 Å². The van der Waals surface area contributed by atoms with E-state index < -0.39 is 4.92 Å². The molecule has 2 rings (SSSR count). The quantitative estimate of drug-likeness (QED) is 0.612. The Bertz CT molecular complexity index is 551. The van der Waals surface area contributed by atoms with E-state index in [1.54, 1.807) is 25.3 Å². The first-order valence-corrected chi connectivity index (χ1v) is 5.10. The predicted molar refractivity (Wildman–Crippen MR) is 59.8 cm³/mol. The summed E-state index contributed by atoms with van der Waals surface area (Å²) in [7, 11) is 0. The first kappa shape index (κ1) is 11.5. The molecule has 2 heterocycles. The van der Waals surface area contributed by atoms with Crippen molar-refractivity contribution in [1.82, 2.24) is 20.0 Å². The van der Waals surface area contributed by atoms with E-state index in [1.807, 2.05) is 0 Å². The Labute approximate surface area is 101 Å². The normalized spacial score (nSPS) is 10.5. The fourth-order valence-corrected chi connectivity index (χ4v) is 1.47. The Kier molecular flexibility index (Phi) is 3.01. The first-order chi connectivity index (χ1) is 8.06. The van der Waals surface area contributed by atoms with Crippen molar-refractivity contribution in [2.24, 2.45) is 0 Å². The average Bonchev–Trinajstić information content (AvgIpc) is 2.63. The van der Waals surface area contributed by atoms with Crippen LogP contribution in [-0.2, 0) is 6.54 Å². The molecule has 7 nitrogen and oxygen atoms in total. The lowest BCUT2D eigenvalue weighted by atomic mass is 10.4. The molecule has 0 spiro atoms. The van der Waals surface area contributed by atoms with Crippen LogP contribution in [0, 0.1) is 17.0 Å². The minimum atomic E-state index is -0.515. The third-order valence-electron chi connectivity index (χ3n) is 2.10. The molecule has 0 aliphatic rings. The summed E-state index contributed by atoms with van der Waals surface area (Å²) in [6.45, 7) is 1.95. The van der Waals surface area contributed by atoms with Gasteiger partial charge in [0.05, 0.1) is 22.6 Å². The summed E-state index contributed by atoms with van der Waals surface area (Å²) in [5.74, 6) is -0.146. The van der Waals surface area contributed by atoms with Crippen molar-refractivity contribution in [3.05, 3.63) is 44.9 Å². The Balaban J connectivity index is 2.22. The zero-order valence-corrected chi connectivity index (χ0v) is 9.63. The van der Waals surface area contributed by atoms with Gasteiger partial charge in [-0.15, -0.1) is 5.10 Å². The number of aryl methyl sites for hydroxylation is 1. The molecule has 2 aromatic rings. The van der Waals surface area contributed by atoms with Crippen molar-refractivity contribution in [3.63, 3.8) is 0 Å². The average molecular weight is 254 g/mol. The summed E-state index contributed by atoms with van der Waals surface area (Å²) in [4.78, 5) is 10.1. The van der Waals surface area contributed by atoms with Gasteiger partial charge < -0.3 is 10.1 Å². The van der Waals surface area contributed by atoms with E-state index in [-0.39, 0.29) is 5.82 Å². The van der Waals surface area contributed by atoms with Crippen molar-refractivity contribution in [2.45, 2.75) is 13.5 Å². The van der Waals surface area contributed by atoms with Crippen LogP contribution in [-0.4, -0.2) is 24.9 Å². The van der Waals surface area contributed by atoms with Gasteiger partial charge in [0.25, 0.3) is 0 Å². The van der Waals surface area contributed by atoms with E-state index >= 15 is 0 Å². The summed E-state index contributed by atoms with van der Waals surface area (Å²) >= 11 is 5.60. The summed E-state index contributed by atoms with van der Waals surface area (Å²) in [5, 5.41) is 22.3. The van der Waals surface area contributed by atoms with Gasteiger partial charge in [-0.05, 0) is 24.0 Å². The Morgan fingerprint density at radius 2 is 2.24 bits per heavy atom. The SMILES string of the molecule is Cc1cn(Cc2ccc(Cl)nn2)nc1[N+](=O)[O-]. The molecule has 0 radical (unpaired) electrons. The highest BCUT2D eigenvalue weighted by molar-refractivity contribution is 6.29. The number of halogens is 1. The van der Waals surface area contributed by atoms with E-state index in [0.29, 0.717) is 23.0 Å². The van der Waals surface area contributed by atoms with Gasteiger partial charge in [-0.2, -0.15) is 9.78 Å². The molecule has 0 amide bonds. The number of aromatic nitrogens is 4. The van der Waals surface area contributed by atoms with Gasteiger partial charge in [-0.3, -0.25) is 0 Å². The molecule has 17 heavy (non-hydrogen) atoms. The van der Waals surface area contributed by atoms with Crippen molar-refractivity contribution < 1.29 is 4.92 Å². The smallest absolute Gasteiger partial charge is 0.358 e. The van der Waals surface area contributed by atoms with Crippen LogP contribution in [0.15, 0.2) is 18.3 Å². The Morgan fingerprint density at radius 3 is 2.76 bits per heavy atom. The number of nitrogens with zero attached hydrogens (tertiary/aromatic N) is 5. The third kappa shape index (κ3) is 2.56.